The van der Waals surface area contributed by atoms with E-state index in [1.807, 2.05) is 48.7 Å². The van der Waals surface area contributed by atoms with Crippen LogP contribution in [0.5, 0.6) is 0 Å². The van der Waals surface area contributed by atoms with Crippen molar-refractivity contribution in [3.05, 3.63) is 82.3 Å². The molecule has 31 heavy (non-hydrogen) atoms. The van der Waals surface area contributed by atoms with E-state index in [0.29, 0.717) is 36.2 Å². The number of carbonyl (C=O) groups excluding carboxylic acids is 1. The van der Waals surface area contributed by atoms with Gasteiger partial charge in [-0.3, -0.25) is 9.36 Å². The SMILES string of the molecule is Cc1cc(Nc2sccc2CCC(=O)NCc2ccc(Cl)cc2)nc(-n2ccnc2)n1. The molecule has 9 heteroatoms. The zero-order valence-electron chi connectivity index (χ0n) is 16.9. The van der Waals surface area contributed by atoms with Crippen molar-refractivity contribution in [2.45, 2.75) is 26.3 Å². The number of hydrogen-bond donors (Lipinski definition) is 2. The Kier molecular flexibility index (Phi) is 6.59. The molecule has 0 aliphatic rings. The van der Waals surface area contributed by atoms with Gasteiger partial charge in [-0.15, -0.1) is 11.3 Å². The average molecular weight is 453 g/mol. The number of amides is 1. The van der Waals surface area contributed by atoms with Crippen LogP contribution in [0.3, 0.4) is 0 Å². The van der Waals surface area contributed by atoms with Gasteiger partial charge in [0.2, 0.25) is 11.9 Å². The molecule has 0 atom stereocenters. The van der Waals surface area contributed by atoms with Crippen LogP contribution in [-0.4, -0.2) is 25.4 Å². The lowest BCUT2D eigenvalue weighted by atomic mass is 10.1. The van der Waals surface area contributed by atoms with Gasteiger partial charge in [0.05, 0.1) is 5.00 Å². The highest BCUT2D eigenvalue weighted by molar-refractivity contribution is 7.14. The molecular weight excluding hydrogens is 432 g/mol. The van der Waals surface area contributed by atoms with Gasteiger partial charge in [-0.05, 0) is 48.1 Å². The van der Waals surface area contributed by atoms with Gasteiger partial charge in [0.25, 0.3) is 0 Å². The number of rotatable bonds is 8. The Morgan fingerprint density at radius 2 is 2.03 bits per heavy atom. The fourth-order valence-corrected chi connectivity index (χ4v) is 3.99. The van der Waals surface area contributed by atoms with Gasteiger partial charge < -0.3 is 10.6 Å². The summed E-state index contributed by atoms with van der Waals surface area (Å²) in [6.07, 6.45) is 6.20. The fourth-order valence-electron chi connectivity index (χ4n) is 3.01. The number of benzene rings is 1. The highest BCUT2D eigenvalue weighted by atomic mass is 35.5. The number of halogens is 1. The summed E-state index contributed by atoms with van der Waals surface area (Å²) in [4.78, 5) is 25.4. The van der Waals surface area contributed by atoms with Crippen LogP contribution < -0.4 is 10.6 Å². The van der Waals surface area contributed by atoms with E-state index in [4.69, 9.17) is 11.6 Å². The molecule has 4 aromatic rings. The topological polar surface area (TPSA) is 84.7 Å². The Hall–Kier alpha value is -3.23. The highest BCUT2D eigenvalue weighted by Crippen LogP contribution is 2.28. The van der Waals surface area contributed by atoms with E-state index in [0.717, 1.165) is 21.8 Å². The van der Waals surface area contributed by atoms with Crippen molar-refractivity contribution in [1.82, 2.24) is 24.8 Å². The number of aryl methyl sites for hydroxylation is 2. The van der Waals surface area contributed by atoms with Crippen LogP contribution in [0.2, 0.25) is 5.02 Å². The molecular formula is C22H21ClN6OS. The van der Waals surface area contributed by atoms with Gasteiger partial charge in [-0.1, -0.05) is 23.7 Å². The van der Waals surface area contributed by atoms with E-state index in [9.17, 15) is 4.79 Å². The van der Waals surface area contributed by atoms with Gasteiger partial charge in [-0.2, -0.15) is 4.98 Å². The van der Waals surface area contributed by atoms with E-state index in [1.54, 1.807) is 34.6 Å². The lowest BCUT2D eigenvalue weighted by Crippen LogP contribution is -2.22. The molecule has 0 fully saturated rings. The molecule has 3 aromatic heterocycles. The van der Waals surface area contributed by atoms with Crippen LogP contribution >= 0.6 is 22.9 Å². The zero-order chi connectivity index (χ0) is 21.6. The Labute approximate surface area is 189 Å². The molecule has 0 radical (unpaired) electrons. The normalized spacial score (nSPS) is 10.8. The molecule has 0 spiro atoms. The first-order valence-electron chi connectivity index (χ1n) is 9.75. The minimum atomic E-state index is 0.00683. The quantitative estimate of drug-likeness (QED) is 0.405. The highest BCUT2D eigenvalue weighted by Gasteiger charge is 2.10. The monoisotopic (exact) mass is 452 g/mol. The molecule has 0 unspecified atom stereocenters. The third kappa shape index (κ3) is 5.68. The summed E-state index contributed by atoms with van der Waals surface area (Å²) in [6, 6.07) is 11.4. The van der Waals surface area contributed by atoms with Gasteiger partial charge in [-0.25, -0.2) is 9.97 Å². The van der Waals surface area contributed by atoms with Crippen molar-refractivity contribution in [3.8, 4) is 5.95 Å². The second-order valence-corrected chi connectivity index (χ2v) is 8.32. The van der Waals surface area contributed by atoms with Crippen LogP contribution in [0.25, 0.3) is 5.95 Å². The van der Waals surface area contributed by atoms with Crippen molar-refractivity contribution in [2.75, 3.05) is 5.32 Å². The van der Waals surface area contributed by atoms with Crippen LogP contribution in [0.15, 0.2) is 60.5 Å². The number of carbonyl (C=O) groups is 1. The summed E-state index contributed by atoms with van der Waals surface area (Å²) < 4.78 is 1.76. The van der Waals surface area contributed by atoms with Crippen molar-refractivity contribution in [3.63, 3.8) is 0 Å². The number of anilines is 2. The Balaban J connectivity index is 1.36. The second kappa shape index (κ2) is 9.72. The largest absolute Gasteiger partial charge is 0.352 e. The number of imidazole rings is 1. The zero-order valence-corrected chi connectivity index (χ0v) is 18.5. The summed E-state index contributed by atoms with van der Waals surface area (Å²) in [6.45, 7) is 2.41. The summed E-state index contributed by atoms with van der Waals surface area (Å²) >= 11 is 7.47. The molecule has 0 saturated heterocycles. The molecule has 0 bridgehead atoms. The van der Waals surface area contributed by atoms with Crippen molar-refractivity contribution in [2.24, 2.45) is 0 Å². The molecule has 1 aromatic carbocycles. The van der Waals surface area contributed by atoms with Gasteiger partial charge in [0.15, 0.2) is 0 Å². The summed E-state index contributed by atoms with van der Waals surface area (Å²) in [5.41, 5.74) is 2.94. The Bertz CT molecular complexity index is 1160. The van der Waals surface area contributed by atoms with Crippen molar-refractivity contribution in [1.29, 1.82) is 0 Å². The molecule has 0 aliphatic carbocycles. The molecule has 1 amide bonds. The predicted octanol–water partition coefficient (Wildman–Crippen LogP) is 4.68. The van der Waals surface area contributed by atoms with E-state index < -0.39 is 0 Å². The van der Waals surface area contributed by atoms with E-state index in [2.05, 4.69) is 25.6 Å². The first-order chi connectivity index (χ1) is 15.1. The third-order valence-corrected chi connectivity index (χ3v) is 5.71. The minimum absolute atomic E-state index is 0.00683. The Morgan fingerprint density at radius 1 is 1.19 bits per heavy atom. The average Bonchev–Trinajstić information content (AvgIpc) is 3.44. The standard InChI is InChI=1S/C22H21ClN6OS/c1-15-12-19(28-22(26-15)29-10-9-24-14-29)27-21-17(8-11-31-21)4-7-20(30)25-13-16-2-5-18(23)6-3-16/h2-3,5-6,8-12,14H,4,7,13H2,1H3,(H,25,30)(H,26,27,28). The number of hydrogen-bond acceptors (Lipinski definition) is 6. The maximum absolute atomic E-state index is 12.3. The summed E-state index contributed by atoms with van der Waals surface area (Å²) in [5, 5.41) is 9.99. The molecule has 158 valence electrons. The lowest BCUT2D eigenvalue weighted by molar-refractivity contribution is -0.121. The van der Waals surface area contributed by atoms with Gasteiger partial charge in [0, 0.05) is 42.1 Å². The molecule has 0 aliphatic heterocycles. The Morgan fingerprint density at radius 3 is 2.81 bits per heavy atom. The van der Waals surface area contributed by atoms with Gasteiger partial charge >= 0.3 is 0 Å². The summed E-state index contributed by atoms with van der Waals surface area (Å²) in [5.74, 6) is 1.26. The van der Waals surface area contributed by atoms with Gasteiger partial charge in [0.1, 0.15) is 12.1 Å². The van der Waals surface area contributed by atoms with Crippen molar-refractivity contribution >= 4 is 39.7 Å². The molecule has 0 saturated carbocycles. The molecule has 3 heterocycles. The second-order valence-electron chi connectivity index (χ2n) is 6.97. The predicted molar refractivity (Wildman–Crippen MR) is 123 cm³/mol. The summed E-state index contributed by atoms with van der Waals surface area (Å²) in [7, 11) is 0. The van der Waals surface area contributed by atoms with E-state index in [1.165, 1.54) is 0 Å². The van der Waals surface area contributed by atoms with Crippen LogP contribution in [0.1, 0.15) is 23.2 Å². The number of thiophene rings is 1. The van der Waals surface area contributed by atoms with E-state index >= 15 is 0 Å². The lowest BCUT2D eigenvalue weighted by Gasteiger charge is -2.10. The smallest absolute Gasteiger partial charge is 0.237 e. The maximum Gasteiger partial charge on any atom is 0.237 e. The molecule has 4 rings (SSSR count). The number of nitrogens with one attached hydrogen (secondary N) is 2. The van der Waals surface area contributed by atoms with Crippen LogP contribution in [0, 0.1) is 6.92 Å². The first kappa shape index (κ1) is 21.0. The first-order valence-corrected chi connectivity index (χ1v) is 11.0. The van der Waals surface area contributed by atoms with Crippen LogP contribution in [-0.2, 0) is 17.8 Å². The molecule has 2 N–H and O–H groups in total. The third-order valence-electron chi connectivity index (χ3n) is 4.59. The van der Waals surface area contributed by atoms with Crippen LogP contribution in [0.4, 0.5) is 10.8 Å². The van der Waals surface area contributed by atoms with E-state index in [-0.39, 0.29) is 5.91 Å². The van der Waals surface area contributed by atoms with Crippen molar-refractivity contribution < 1.29 is 4.79 Å². The molecule has 7 nitrogen and oxygen atoms in total. The minimum Gasteiger partial charge on any atom is -0.352 e. The number of nitrogens with zero attached hydrogens (tertiary/aromatic N) is 4. The number of aromatic nitrogens is 4. The maximum atomic E-state index is 12.3. The fraction of sp³-hybridized carbons (Fsp3) is 0.182.